The van der Waals surface area contributed by atoms with Gasteiger partial charge in [0.2, 0.25) is 0 Å². The summed E-state index contributed by atoms with van der Waals surface area (Å²) < 4.78 is 11.1. The number of furan rings is 1. The molecule has 0 amide bonds. The normalized spacial score (nSPS) is 11.6. The van der Waals surface area contributed by atoms with Gasteiger partial charge in [-0.1, -0.05) is 41.9 Å². The van der Waals surface area contributed by atoms with E-state index in [0.717, 1.165) is 28.4 Å². The van der Waals surface area contributed by atoms with Crippen LogP contribution in [-0.2, 0) is 13.6 Å². The van der Waals surface area contributed by atoms with Crippen molar-refractivity contribution >= 4 is 45.6 Å². The van der Waals surface area contributed by atoms with E-state index in [1.54, 1.807) is 10.9 Å². The maximum atomic E-state index is 13.4. The number of para-hydroxylation sites is 1. The molecule has 0 saturated carbocycles. The molecule has 0 spiro atoms. The fourth-order valence-electron chi connectivity index (χ4n) is 3.76. The average molecular weight is 558 g/mol. The van der Waals surface area contributed by atoms with Gasteiger partial charge in [0.15, 0.2) is 10.5 Å². The molecule has 0 saturated heterocycles. The first-order valence-corrected chi connectivity index (χ1v) is 11.6. The molecular formula is C25H22BrClN4O2S. The maximum Gasteiger partial charge on any atom is 0.297 e. The Balaban J connectivity index is 0.00000274. The molecule has 6 nitrogen and oxygen atoms in total. The fraction of sp³-hybridized carbons (Fsp3) is 0.120. The summed E-state index contributed by atoms with van der Waals surface area (Å²) in [5.74, 6) is 0.802. The van der Waals surface area contributed by atoms with Crippen molar-refractivity contribution in [1.29, 1.82) is 0 Å². The average Bonchev–Trinajstić information content (AvgIpc) is 3.53. The molecule has 0 aliphatic rings. The Kier molecular flexibility index (Phi) is 7.11. The van der Waals surface area contributed by atoms with Crippen molar-refractivity contribution in [2.75, 3.05) is 0 Å². The van der Waals surface area contributed by atoms with Gasteiger partial charge < -0.3 is 8.98 Å². The summed E-state index contributed by atoms with van der Waals surface area (Å²) in [7, 11) is 1.87. The Morgan fingerprint density at radius 2 is 1.76 bits per heavy atom. The minimum absolute atomic E-state index is 0. The van der Waals surface area contributed by atoms with Crippen molar-refractivity contribution in [2.24, 2.45) is 12.0 Å². The van der Waals surface area contributed by atoms with Gasteiger partial charge in [0.1, 0.15) is 5.76 Å². The maximum absolute atomic E-state index is 13.4. The zero-order valence-electron chi connectivity index (χ0n) is 18.5. The van der Waals surface area contributed by atoms with Crippen LogP contribution in [0.3, 0.4) is 0 Å². The monoisotopic (exact) mass is 556 g/mol. The van der Waals surface area contributed by atoms with Gasteiger partial charge in [0.05, 0.1) is 29.9 Å². The van der Waals surface area contributed by atoms with Gasteiger partial charge >= 0.3 is 0 Å². The lowest BCUT2D eigenvalue weighted by Crippen LogP contribution is -2.20. The summed E-state index contributed by atoms with van der Waals surface area (Å²) in [6, 6.07) is 21.0. The second kappa shape index (κ2) is 10.0. The molecule has 5 rings (SSSR count). The van der Waals surface area contributed by atoms with Crippen LogP contribution >= 0.6 is 39.9 Å². The minimum Gasteiger partial charge on any atom is -0.467 e. The van der Waals surface area contributed by atoms with Crippen LogP contribution in [0.4, 0.5) is 5.69 Å². The molecule has 0 radical (unpaired) electrons. The van der Waals surface area contributed by atoms with E-state index >= 15 is 0 Å². The molecule has 0 fully saturated rings. The Labute approximate surface area is 215 Å². The summed E-state index contributed by atoms with van der Waals surface area (Å²) in [4.78, 5) is 18.9. The zero-order valence-corrected chi connectivity index (χ0v) is 21.8. The van der Waals surface area contributed by atoms with Crippen molar-refractivity contribution in [2.45, 2.75) is 13.5 Å². The second-order valence-corrected chi connectivity index (χ2v) is 8.87. The standard InChI is InChI=1S/C25H21ClN4O2S.BrH/c1-17-23(24(31)30(28(17)2)20-7-4-3-5-8-20)27-25-29(15-21-9-6-14-32-21)22(16-33-25)18-10-12-19(26)13-11-18;/h3-14,16H,15H2,1-2H3;1H. The van der Waals surface area contributed by atoms with Crippen molar-refractivity contribution in [3.05, 3.63) is 110 Å². The lowest BCUT2D eigenvalue weighted by atomic mass is 10.2. The number of hydrogen-bond acceptors (Lipinski definition) is 4. The van der Waals surface area contributed by atoms with Crippen LogP contribution in [0.1, 0.15) is 11.5 Å². The highest BCUT2D eigenvalue weighted by Crippen LogP contribution is 2.24. The van der Waals surface area contributed by atoms with E-state index in [9.17, 15) is 4.79 Å². The second-order valence-electron chi connectivity index (χ2n) is 7.60. The van der Waals surface area contributed by atoms with Gasteiger partial charge in [0, 0.05) is 17.5 Å². The highest BCUT2D eigenvalue weighted by atomic mass is 79.9. The van der Waals surface area contributed by atoms with Crippen LogP contribution in [0, 0.1) is 6.92 Å². The number of rotatable bonds is 5. The van der Waals surface area contributed by atoms with Crippen molar-refractivity contribution in [3.8, 4) is 16.9 Å². The summed E-state index contributed by atoms with van der Waals surface area (Å²) >= 11 is 7.58. The summed E-state index contributed by atoms with van der Waals surface area (Å²) in [5.41, 5.74) is 3.83. The third kappa shape index (κ3) is 4.49. The van der Waals surface area contributed by atoms with Gasteiger partial charge in [-0.3, -0.25) is 9.48 Å². The third-order valence-electron chi connectivity index (χ3n) is 5.56. The third-order valence-corrected chi connectivity index (χ3v) is 6.68. The molecule has 3 aromatic heterocycles. The summed E-state index contributed by atoms with van der Waals surface area (Å²) in [6.45, 7) is 2.40. The van der Waals surface area contributed by atoms with E-state index in [1.807, 2.05) is 90.8 Å². The topological polar surface area (TPSA) is 57.4 Å². The smallest absolute Gasteiger partial charge is 0.297 e. The van der Waals surface area contributed by atoms with E-state index in [-0.39, 0.29) is 22.5 Å². The predicted octanol–water partition coefficient (Wildman–Crippen LogP) is 6.12. The Hall–Kier alpha value is -3.07. The lowest BCUT2D eigenvalue weighted by molar-refractivity contribution is 0.492. The molecular weight excluding hydrogens is 536 g/mol. The SMILES string of the molecule is Br.Cc1c(N=c2scc(-c3ccc(Cl)cc3)n2Cc2ccco2)c(=O)n(-c2ccccc2)n1C. The number of hydrogen-bond donors (Lipinski definition) is 0. The minimum atomic E-state index is -0.160. The van der Waals surface area contributed by atoms with Gasteiger partial charge in [-0.25, -0.2) is 9.67 Å². The first-order valence-electron chi connectivity index (χ1n) is 10.4. The van der Waals surface area contributed by atoms with Gasteiger partial charge in [-0.2, -0.15) is 0 Å². The van der Waals surface area contributed by atoms with Gasteiger partial charge in [0.25, 0.3) is 5.56 Å². The number of halogens is 2. The Morgan fingerprint density at radius 3 is 2.44 bits per heavy atom. The van der Waals surface area contributed by atoms with Crippen molar-refractivity contribution < 1.29 is 4.42 Å². The molecule has 0 atom stereocenters. The van der Waals surface area contributed by atoms with Crippen molar-refractivity contribution in [1.82, 2.24) is 13.9 Å². The van der Waals surface area contributed by atoms with Gasteiger partial charge in [-0.05, 0) is 48.9 Å². The Morgan fingerprint density at radius 1 is 1.03 bits per heavy atom. The molecule has 34 heavy (non-hydrogen) atoms. The first-order chi connectivity index (χ1) is 16.0. The molecule has 5 aromatic rings. The van der Waals surface area contributed by atoms with Gasteiger partial charge in [-0.15, -0.1) is 28.3 Å². The van der Waals surface area contributed by atoms with Crippen LogP contribution in [0.5, 0.6) is 0 Å². The van der Waals surface area contributed by atoms with Crippen LogP contribution in [0.15, 0.2) is 92.6 Å². The number of benzene rings is 2. The summed E-state index contributed by atoms with van der Waals surface area (Å²) in [5, 5.41) is 2.72. The molecule has 0 N–H and O–H groups in total. The van der Waals surface area contributed by atoms with E-state index in [0.29, 0.717) is 22.1 Å². The van der Waals surface area contributed by atoms with E-state index in [2.05, 4.69) is 4.57 Å². The molecule has 174 valence electrons. The Bertz CT molecular complexity index is 1530. The number of nitrogens with zero attached hydrogens (tertiary/aromatic N) is 4. The van der Waals surface area contributed by atoms with E-state index < -0.39 is 0 Å². The van der Waals surface area contributed by atoms with Crippen LogP contribution in [0.25, 0.3) is 16.9 Å². The highest BCUT2D eigenvalue weighted by molar-refractivity contribution is 8.93. The molecule has 0 unspecified atom stereocenters. The lowest BCUT2D eigenvalue weighted by Gasteiger charge is -2.08. The summed E-state index contributed by atoms with van der Waals surface area (Å²) in [6.07, 6.45) is 1.65. The molecule has 9 heteroatoms. The van der Waals surface area contributed by atoms with Crippen LogP contribution < -0.4 is 10.4 Å². The fourth-order valence-corrected chi connectivity index (χ4v) is 4.80. The highest BCUT2D eigenvalue weighted by Gasteiger charge is 2.17. The molecule has 0 bridgehead atoms. The quantitative estimate of drug-likeness (QED) is 0.261. The van der Waals surface area contributed by atoms with E-state index in [1.165, 1.54) is 11.3 Å². The zero-order chi connectivity index (χ0) is 22.9. The molecule has 3 heterocycles. The molecule has 0 aliphatic heterocycles. The van der Waals surface area contributed by atoms with Crippen LogP contribution in [-0.4, -0.2) is 13.9 Å². The number of aromatic nitrogens is 3. The largest absolute Gasteiger partial charge is 0.467 e. The molecule has 2 aromatic carbocycles. The predicted molar refractivity (Wildman–Crippen MR) is 142 cm³/mol. The first kappa shape index (κ1) is 24.1. The van der Waals surface area contributed by atoms with E-state index in [4.69, 9.17) is 21.0 Å². The van der Waals surface area contributed by atoms with Crippen LogP contribution in [0.2, 0.25) is 5.02 Å². The number of thiazole rings is 1. The molecule has 0 aliphatic carbocycles. The van der Waals surface area contributed by atoms with Crippen molar-refractivity contribution in [3.63, 3.8) is 0 Å².